The number of nitriles is 1. The minimum atomic E-state index is -2.79. The number of carbonyl (C=O) groups is 1. The fraction of sp³-hybridized carbons (Fsp3) is 0.222. The molecule has 0 saturated carbocycles. The lowest BCUT2D eigenvalue weighted by Gasteiger charge is -2.06. The summed E-state index contributed by atoms with van der Waals surface area (Å²) >= 11 is 3.04. The lowest BCUT2D eigenvalue weighted by atomic mass is 10.1. The zero-order valence-electron chi connectivity index (χ0n) is 7.38. The Labute approximate surface area is 92.9 Å². The Hall–Kier alpha value is -1.35. The first kappa shape index (κ1) is 11.7. The molecule has 0 atom stereocenters. The van der Waals surface area contributed by atoms with Crippen molar-refractivity contribution in [1.82, 2.24) is 4.98 Å². The van der Waals surface area contributed by atoms with Crippen LogP contribution in [0.5, 0.6) is 0 Å². The number of aromatic nitrogens is 1. The number of pyridine rings is 1. The van der Waals surface area contributed by atoms with Gasteiger partial charge < -0.3 is 0 Å². The van der Waals surface area contributed by atoms with Crippen molar-refractivity contribution < 1.29 is 13.6 Å². The van der Waals surface area contributed by atoms with Crippen LogP contribution in [0.3, 0.4) is 0 Å². The van der Waals surface area contributed by atoms with Crippen molar-refractivity contribution in [3.8, 4) is 6.07 Å². The summed E-state index contributed by atoms with van der Waals surface area (Å²) in [7, 11) is 0. The van der Waals surface area contributed by atoms with E-state index in [0.717, 1.165) is 6.07 Å². The average molecular weight is 275 g/mol. The van der Waals surface area contributed by atoms with Crippen LogP contribution in [0, 0.1) is 11.3 Å². The number of nitrogens with zero attached hydrogens (tertiary/aromatic N) is 2. The smallest absolute Gasteiger partial charge is 0.265 e. The van der Waals surface area contributed by atoms with Crippen molar-refractivity contribution in [2.45, 2.75) is 11.8 Å². The van der Waals surface area contributed by atoms with Gasteiger partial charge in [-0.15, -0.1) is 0 Å². The molecule has 6 heteroatoms. The molecule has 0 amide bonds. The van der Waals surface area contributed by atoms with Crippen LogP contribution in [-0.4, -0.2) is 11.3 Å². The van der Waals surface area contributed by atoms with Crippen molar-refractivity contribution in [1.29, 1.82) is 5.26 Å². The number of carbonyl (C=O) groups excluding carboxylic acids is 1. The van der Waals surface area contributed by atoms with E-state index in [2.05, 4.69) is 20.9 Å². The summed E-state index contributed by atoms with van der Waals surface area (Å²) in [5.41, 5.74) is -0.759. The molecule has 0 saturated heterocycles. The van der Waals surface area contributed by atoms with Crippen molar-refractivity contribution in [2.75, 3.05) is 0 Å². The van der Waals surface area contributed by atoms with E-state index in [1.54, 1.807) is 6.07 Å². The number of aldehydes is 1. The van der Waals surface area contributed by atoms with E-state index >= 15 is 0 Å². The highest BCUT2D eigenvalue weighted by atomic mass is 79.9. The monoisotopic (exact) mass is 274 g/mol. The Morgan fingerprint density at radius 1 is 1.67 bits per heavy atom. The van der Waals surface area contributed by atoms with Gasteiger partial charge in [-0.2, -0.15) is 5.26 Å². The zero-order chi connectivity index (χ0) is 11.4. The first-order chi connectivity index (χ1) is 7.13. The number of hydrogen-bond acceptors (Lipinski definition) is 3. The number of alkyl halides is 3. The van der Waals surface area contributed by atoms with Crippen LogP contribution >= 0.6 is 15.9 Å². The molecule has 1 aromatic rings. The third-order valence-corrected chi connectivity index (χ3v) is 2.30. The van der Waals surface area contributed by atoms with E-state index in [0.29, 0.717) is 12.0 Å². The van der Waals surface area contributed by atoms with Gasteiger partial charge >= 0.3 is 0 Å². The molecular weight excluding hydrogens is 270 g/mol. The Balaban J connectivity index is 3.47. The fourth-order valence-electron chi connectivity index (χ4n) is 1.09. The molecule has 15 heavy (non-hydrogen) atoms. The highest BCUT2D eigenvalue weighted by Gasteiger charge is 2.18. The molecule has 0 fully saturated rings. The SMILES string of the molecule is N#Cc1c(C(F)F)cc(CBr)nc1C=O. The van der Waals surface area contributed by atoms with Gasteiger partial charge in [0.1, 0.15) is 11.8 Å². The molecule has 0 aliphatic carbocycles. The molecule has 0 bridgehead atoms. The third-order valence-electron chi connectivity index (χ3n) is 1.73. The normalized spacial score (nSPS) is 10.1. The molecule has 78 valence electrons. The second-order valence-electron chi connectivity index (χ2n) is 2.63. The summed E-state index contributed by atoms with van der Waals surface area (Å²) < 4.78 is 25.1. The molecule has 0 aliphatic heterocycles. The van der Waals surface area contributed by atoms with Gasteiger partial charge in [0.2, 0.25) is 0 Å². The van der Waals surface area contributed by atoms with Crippen LogP contribution < -0.4 is 0 Å². The summed E-state index contributed by atoms with van der Waals surface area (Å²) in [5.74, 6) is 0. The van der Waals surface area contributed by atoms with Gasteiger partial charge in [-0.05, 0) is 6.07 Å². The lowest BCUT2D eigenvalue weighted by molar-refractivity contribution is 0.111. The number of rotatable bonds is 3. The van der Waals surface area contributed by atoms with Gasteiger partial charge in [0, 0.05) is 10.9 Å². The Bertz CT molecular complexity index is 429. The van der Waals surface area contributed by atoms with E-state index in [9.17, 15) is 13.6 Å². The van der Waals surface area contributed by atoms with E-state index in [-0.39, 0.29) is 16.6 Å². The first-order valence-electron chi connectivity index (χ1n) is 3.87. The highest BCUT2D eigenvalue weighted by Crippen LogP contribution is 2.25. The van der Waals surface area contributed by atoms with E-state index in [1.165, 1.54) is 0 Å². The van der Waals surface area contributed by atoms with Gasteiger partial charge in [-0.1, -0.05) is 15.9 Å². The van der Waals surface area contributed by atoms with Gasteiger partial charge in [-0.3, -0.25) is 4.79 Å². The van der Waals surface area contributed by atoms with Crippen molar-refractivity contribution in [3.05, 3.63) is 28.6 Å². The molecule has 0 aliphatic rings. The van der Waals surface area contributed by atoms with Crippen LogP contribution in [0.1, 0.15) is 33.7 Å². The van der Waals surface area contributed by atoms with Crippen molar-refractivity contribution in [2.24, 2.45) is 0 Å². The lowest BCUT2D eigenvalue weighted by Crippen LogP contribution is -2.02. The molecule has 1 aromatic heterocycles. The predicted octanol–water partition coefficient (Wildman–Crippen LogP) is 2.60. The summed E-state index contributed by atoms with van der Waals surface area (Å²) in [6.45, 7) is 0. The number of hydrogen-bond donors (Lipinski definition) is 0. The zero-order valence-corrected chi connectivity index (χ0v) is 8.96. The van der Waals surface area contributed by atoms with Crippen LogP contribution in [0.25, 0.3) is 0 Å². The summed E-state index contributed by atoms with van der Waals surface area (Å²) in [5, 5.41) is 8.90. The highest BCUT2D eigenvalue weighted by molar-refractivity contribution is 9.08. The maximum absolute atomic E-state index is 12.5. The molecule has 0 N–H and O–H groups in total. The molecule has 0 aromatic carbocycles. The first-order valence-corrected chi connectivity index (χ1v) is 4.99. The minimum Gasteiger partial charge on any atom is -0.296 e. The summed E-state index contributed by atoms with van der Waals surface area (Å²) in [4.78, 5) is 14.3. The standard InChI is InChI=1S/C9H5BrF2N2O/c10-2-5-1-6(9(11)12)7(3-13)8(4-15)14-5/h1,4,9H,2H2. The largest absolute Gasteiger partial charge is 0.296 e. The predicted molar refractivity (Wildman–Crippen MR) is 51.9 cm³/mol. The fourth-order valence-corrected chi connectivity index (χ4v) is 1.38. The Kier molecular flexibility index (Phi) is 3.86. The van der Waals surface area contributed by atoms with Gasteiger partial charge in [0.05, 0.1) is 11.3 Å². The molecule has 0 radical (unpaired) electrons. The van der Waals surface area contributed by atoms with E-state index in [4.69, 9.17) is 5.26 Å². The van der Waals surface area contributed by atoms with Crippen LogP contribution in [-0.2, 0) is 5.33 Å². The summed E-state index contributed by atoms with van der Waals surface area (Å²) in [6.07, 6.45) is -2.49. The van der Waals surface area contributed by atoms with Crippen LogP contribution in [0.2, 0.25) is 0 Å². The maximum atomic E-state index is 12.5. The molecule has 0 spiro atoms. The van der Waals surface area contributed by atoms with Gasteiger partial charge in [0.25, 0.3) is 6.43 Å². The summed E-state index contributed by atoms with van der Waals surface area (Å²) in [6, 6.07) is 2.67. The Morgan fingerprint density at radius 2 is 2.33 bits per heavy atom. The second kappa shape index (κ2) is 4.94. The topological polar surface area (TPSA) is 53.8 Å². The maximum Gasteiger partial charge on any atom is 0.265 e. The molecular formula is C9H5BrF2N2O. The van der Waals surface area contributed by atoms with Gasteiger partial charge in [0.15, 0.2) is 6.29 Å². The third kappa shape index (κ3) is 2.36. The van der Waals surface area contributed by atoms with Gasteiger partial charge in [-0.25, -0.2) is 13.8 Å². The van der Waals surface area contributed by atoms with E-state index < -0.39 is 12.0 Å². The van der Waals surface area contributed by atoms with E-state index in [1.807, 2.05) is 0 Å². The van der Waals surface area contributed by atoms with Crippen molar-refractivity contribution in [3.63, 3.8) is 0 Å². The molecule has 1 heterocycles. The van der Waals surface area contributed by atoms with Crippen LogP contribution in [0.4, 0.5) is 8.78 Å². The minimum absolute atomic E-state index is 0.246. The molecule has 0 unspecified atom stereocenters. The molecule has 1 rings (SSSR count). The number of halogens is 3. The second-order valence-corrected chi connectivity index (χ2v) is 3.19. The van der Waals surface area contributed by atoms with Crippen LogP contribution in [0.15, 0.2) is 6.07 Å². The molecule has 3 nitrogen and oxygen atoms in total. The Morgan fingerprint density at radius 3 is 2.73 bits per heavy atom. The average Bonchev–Trinajstić information content (AvgIpc) is 2.26. The quantitative estimate of drug-likeness (QED) is 0.629. The van der Waals surface area contributed by atoms with Crippen molar-refractivity contribution >= 4 is 22.2 Å².